The van der Waals surface area contributed by atoms with Gasteiger partial charge in [0.2, 0.25) is 11.8 Å². The summed E-state index contributed by atoms with van der Waals surface area (Å²) >= 11 is 0. The summed E-state index contributed by atoms with van der Waals surface area (Å²) in [5.74, 6) is 0.979. The van der Waals surface area contributed by atoms with Crippen molar-refractivity contribution in [3.05, 3.63) is 12.4 Å². The van der Waals surface area contributed by atoms with Crippen LogP contribution in [0.3, 0.4) is 0 Å². The van der Waals surface area contributed by atoms with Gasteiger partial charge in [0.1, 0.15) is 0 Å². The Morgan fingerprint density at radius 3 is 2.58 bits per heavy atom. The zero-order chi connectivity index (χ0) is 18.7. The van der Waals surface area contributed by atoms with Crippen molar-refractivity contribution in [1.29, 1.82) is 0 Å². The Balaban J connectivity index is 1.55. The van der Waals surface area contributed by atoms with Gasteiger partial charge in [-0.3, -0.25) is 19.2 Å². The van der Waals surface area contributed by atoms with Crippen LogP contribution in [0, 0.1) is 5.92 Å². The van der Waals surface area contributed by atoms with Crippen LogP contribution in [0.5, 0.6) is 0 Å². The standard InChI is InChI=1S/C19H31N5O2/c1-15(2)6-7-18(25)23-11-9-22(10-12-23)17-5-4-8-24(19(17)26)16-13-20-21(3)14-16/h13-15,17H,4-12H2,1-3H3/t17-/m0/s1. The molecule has 0 unspecified atom stereocenters. The molecule has 1 atom stereocenters. The molecule has 2 aliphatic heterocycles. The van der Waals surface area contributed by atoms with Crippen LogP contribution in [0.4, 0.5) is 5.69 Å². The van der Waals surface area contributed by atoms with Gasteiger partial charge in [-0.25, -0.2) is 0 Å². The first kappa shape index (κ1) is 18.9. The molecule has 1 aromatic heterocycles. The van der Waals surface area contributed by atoms with Crippen molar-refractivity contribution in [3.8, 4) is 0 Å². The molecule has 2 fully saturated rings. The number of rotatable bonds is 5. The molecule has 3 rings (SSSR count). The van der Waals surface area contributed by atoms with Crippen molar-refractivity contribution in [2.75, 3.05) is 37.6 Å². The first-order valence-electron chi connectivity index (χ1n) is 9.77. The van der Waals surface area contributed by atoms with Gasteiger partial charge in [0.25, 0.3) is 0 Å². The fourth-order valence-electron chi connectivity index (χ4n) is 3.85. The summed E-state index contributed by atoms with van der Waals surface area (Å²) in [6.45, 7) is 8.08. The van der Waals surface area contributed by atoms with Crippen LogP contribution in [0.1, 0.15) is 39.5 Å². The van der Waals surface area contributed by atoms with Crippen LogP contribution in [0.25, 0.3) is 0 Å². The molecule has 0 saturated carbocycles. The number of aromatic nitrogens is 2. The van der Waals surface area contributed by atoms with Crippen LogP contribution in [0.15, 0.2) is 12.4 Å². The quantitative estimate of drug-likeness (QED) is 0.797. The molecule has 0 N–H and O–H groups in total. The number of piperazine rings is 1. The number of aryl methyl sites for hydroxylation is 1. The van der Waals surface area contributed by atoms with E-state index in [9.17, 15) is 9.59 Å². The smallest absolute Gasteiger partial charge is 0.244 e. The first-order valence-corrected chi connectivity index (χ1v) is 9.77. The fraction of sp³-hybridized carbons (Fsp3) is 0.737. The summed E-state index contributed by atoms with van der Waals surface area (Å²) < 4.78 is 1.73. The van der Waals surface area contributed by atoms with E-state index in [0.29, 0.717) is 12.3 Å². The van der Waals surface area contributed by atoms with Gasteiger partial charge < -0.3 is 9.80 Å². The van der Waals surface area contributed by atoms with Gasteiger partial charge >= 0.3 is 0 Å². The maximum atomic E-state index is 13.0. The lowest BCUT2D eigenvalue weighted by molar-refractivity contribution is -0.134. The molecule has 1 aromatic rings. The van der Waals surface area contributed by atoms with E-state index in [2.05, 4.69) is 23.8 Å². The monoisotopic (exact) mass is 361 g/mol. The molecule has 0 radical (unpaired) electrons. The van der Waals surface area contributed by atoms with Crippen LogP contribution >= 0.6 is 0 Å². The Bertz CT molecular complexity index is 634. The van der Waals surface area contributed by atoms with Crippen molar-refractivity contribution in [3.63, 3.8) is 0 Å². The molecular weight excluding hydrogens is 330 g/mol. The summed E-state index contributed by atoms with van der Waals surface area (Å²) in [4.78, 5) is 31.4. The highest BCUT2D eigenvalue weighted by Gasteiger charge is 2.36. The molecule has 0 spiro atoms. The number of hydrogen-bond donors (Lipinski definition) is 0. The van der Waals surface area contributed by atoms with E-state index in [1.807, 2.05) is 23.0 Å². The lowest BCUT2D eigenvalue weighted by atomic mass is 10.0. The van der Waals surface area contributed by atoms with E-state index in [1.54, 1.807) is 10.9 Å². The Labute approximate surface area is 155 Å². The van der Waals surface area contributed by atoms with E-state index < -0.39 is 0 Å². The van der Waals surface area contributed by atoms with Gasteiger partial charge in [-0.05, 0) is 25.2 Å². The van der Waals surface area contributed by atoms with Crippen molar-refractivity contribution in [2.24, 2.45) is 13.0 Å². The molecule has 144 valence electrons. The number of carbonyl (C=O) groups is 2. The van der Waals surface area contributed by atoms with Crippen molar-refractivity contribution in [1.82, 2.24) is 19.6 Å². The number of amides is 2. The number of anilines is 1. The molecule has 2 aliphatic rings. The van der Waals surface area contributed by atoms with Gasteiger partial charge in [-0.15, -0.1) is 0 Å². The highest BCUT2D eigenvalue weighted by atomic mass is 16.2. The SMILES string of the molecule is CC(C)CCC(=O)N1CCN([C@H]2CCCN(c3cnn(C)c3)C2=O)CC1. The van der Waals surface area contributed by atoms with Crippen molar-refractivity contribution in [2.45, 2.75) is 45.6 Å². The second-order valence-corrected chi connectivity index (χ2v) is 7.87. The number of piperidine rings is 1. The average Bonchev–Trinajstić information content (AvgIpc) is 3.06. The van der Waals surface area contributed by atoms with Gasteiger partial charge in [0.15, 0.2) is 0 Å². The molecule has 0 aliphatic carbocycles. The zero-order valence-corrected chi connectivity index (χ0v) is 16.2. The third kappa shape index (κ3) is 4.26. The summed E-state index contributed by atoms with van der Waals surface area (Å²) in [6.07, 6.45) is 7.13. The topological polar surface area (TPSA) is 61.7 Å². The van der Waals surface area contributed by atoms with E-state index >= 15 is 0 Å². The maximum absolute atomic E-state index is 13.0. The lowest BCUT2D eigenvalue weighted by Crippen LogP contribution is -2.58. The summed E-state index contributed by atoms with van der Waals surface area (Å²) in [5, 5.41) is 4.19. The van der Waals surface area contributed by atoms with Gasteiger partial charge in [0.05, 0.1) is 17.9 Å². The van der Waals surface area contributed by atoms with Crippen molar-refractivity contribution < 1.29 is 9.59 Å². The van der Waals surface area contributed by atoms with Crippen molar-refractivity contribution >= 4 is 17.5 Å². The molecule has 2 saturated heterocycles. The Hall–Kier alpha value is -1.89. The van der Waals surface area contributed by atoms with Crippen LogP contribution in [0.2, 0.25) is 0 Å². The summed E-state index contributed by atoms with van der Waals surface area (Å²) in [5.41, 5.74) is 0.879. The van der Waals surface area contributed by atoms with E-state index in [-0.39, 0.29) is 17.9 Å². The second-order valence-electron chi connectivity index (χ2n) is 7.87. The van der Waals surface area contributed by atoms with Crippen LogP contribution in [-0.2, 0) is 16.6 Å². The molecule has 3 heterocycles. The zero-order valence-electron chi connectivity index (χ0n) is 16.2. The summed E-state index contributed by atoms with van der Waals surface area (Å²) in [7, 11) is 1.87. The van der Waals surface area contributed by atoms with Gasteiger partial charge in [0, 0.05) is 52.4 Å². The van der Waals surface area contributed by atoms with E-state index in [1.165, 1.54) is 0 Å². The van der Waals surface area contributed by atoms with E-state index in [4.69, 9.17) is 0 Å². The Kier molecular flexibility index (Phi) is 5.96. The molecule has 0 bridgehead atoms. The fourth-order valence-corrected chi connectivity index (χ4v) is 3.85. The lowest BCUT2D eigenvalue weighted by Gasteiger charge is -2.42. The highest BCUT2D eigenvalue weighted by molar-refractivity contribution is 5.97. The second kappa shape index (κ2) is 8.20. The molecule has 0 aromatic carbocycles. The number of carbonyl (C=O) groups excluding carboxylic acids is 2. The normalized spacial score (nSPS) is 22.3. The van der Waals surface area contributed by atoms with Crippen LogP contribution < -0.4 is 4.90 Å². The minimum atomic E-state index is -0.0723. The Morgan fingerprint density at radius 2 is 1.96 bits per heavy atom. The first-order chi connectivity index (χ1) is 12.5. The van der Waals surface area contributed by atoms with Gasteiger partial charge in [-0.2, -0.15) is 5.10 Å². The predicted octanol–water partition coefficient (Wildman–Crippen LogP) is 1.50. The molecular formula is C19H31N5O2. The maximum Gasteiger partial charge on any atom is 0.244 e. The molecule has 26 heavy (non-hydrogen) atoms. The summed E-state index contributed by atoms with van der Waals surface area (Å²) in [6, 6.07) is -0.0723. The molecule has 2 amide bonds. The third-order valence-corrected chi connectivity index (χ3v) is 5.46. The number of nitrogens with zero attached hydrogens (tertiary/aromatic N) is 5. The number of hydrogen-bond acceptors (Lipinski definition) is 4. The minimum absolute atomic E-state index is 0.0723. The average molecular weight is 361 g/mol. The Morgan fingerprint density at radius 1 is 1.23 bits per heavy atom. The molecule has 7 nitrogen and oxygen atoms in total. The largest absolute Gasteiger partial charge is 0.340 e. The van der Waals surface area contributed by atoms with Gasteiger partial charge in [-0.1, -0.05) is 13.8 Å². The minimum Gasteiger partial charge on any atom is -0.340 e. The highest BCUT2D eigenvalue weighted by Crippen LogP contribution is 2.24. The third-order valence-electron chi connectivity index (χ3n) is 5.46. The van der Waals surface area contributed by atoms with Crippen LogP contribution in [-0.4, -0.2) is 70.2 Å². The predicted molar refractivity (Wildman–Crippen MR) is 101 cm³/mol. The van der Waals surface area contributed by atoms with E-state index in [0.717, 1.165) is 57.7 Å². The molecule has 7 heteroatoms.